The van der Waals surface area contributed by atoms with Crippen LogP contribution in [-0.2, 0) is 11.2 Å². The Bertz CT molecular complexity index is 787. The number of fused-ring (bicyclic) bond motifs is 1. The molecule has 21 heavy (non-hydrogen) atoms. The maximum atomic E-state index is 11.0. The number of hydrogen-bond donors (Lipinski definition) is 1. The van der Waals surface area contributed by atoms with Crippen LogP contribution in [0.25, 0.3) is 16.6 Å². The third-order valence-corrected chi connectivity index (χ3v) is 3.49. The van der Waals surface area contributed by atoms with Crippen LogP contribution < -0.4 is 4.74 Å². The van der Waals surface area contributed by atoms with Crippen molar-refractivity contribution in [3.63, 3.8) is 0 Å². The first-order valence-corrected chi connectivity index (χ1v) is 6.64. The van der Waals surface area contributed by atoms with Gasteiger partial charge in [0, 0.05) is 17.3 Å². The lowest BCUT2D eigenvalue weighted by Crippen LogP contribution is -1.99. The van der Waals surface area contributed by atoms with Gasteiger partial charge in [0.25, 0.3) is 0 Å². The Morgan fingerprint density at radius 1 is 1.14 bits per heavy atom. The molecule has 0 spiro atoms. The molecule has 0 fully saturated rings. The van der Waals surface area contributed by atoms with Gasteiger partial charge in [-0.05, 0) is 35.9 Å². The van der Waals surface area contributed by atoms with Gasteiger partial charge in [0.05, 0.1) is 19.0 Å². The predicted molar refractivity (Wildman–Crippen MR) is 81.2 cm³/mol. The van der Waals surface area contributed by atoms with Crippen molar-refractivity contribution in [3.8, 4) is 11.4 Å². The number of carboxylic acid groups (broad SMARTS) is 1. The molecule has 2 aromatic carbocycles. The number of ether oxygens (including phenoxy) is 1. The molecule has 4 nitrogen and oxygen atoms in total. The van der Waals surface area contributed by atoms with Gasteiger partial charge in [-0.25, -0.2) is 0 Å². The van der Waals surface area contributed by atoms with Crippen LogP contribution in [0.3, 0.4) is 0 Å². The van der Waals surface area contributed by atoms with Gasteiger partial charge in [0.1, 0.15) is 5.75 Å². The van der Waals surface area contributed by atoms with Crippen LogP contribution in [0.2, 0.25) is 0 Å². The second-order valence-corrected chi connectivity index (χ2v) is 4.81. The number of carboxylic acids is 1. The van der Waals surface area contributed by atoms with Crippen LogP contribution >= 0.6 is 0 Å². The topological polar surface area (TPSA) is 51.5 Å². The number of benzene rings is 2. The summed E-state index contributed by atoms with van der Waals surface area (Å²) < 4.78 is 7.17. The Labute approximate surface area is 122 Å². The number of carbonyl (C=O) groups is 1. The summed E-state index contributed by atoms with van der Waals surface area (Å²) in [6, 6.07) is 15.5. The molecule has 0 atom stereocenters. The summed E-state index contributed by atoms with van der Waals surface area (Å²) in [7, 11) is 1.63. The molecule has 1 N–H and O–H groups in total. The quantitative estimate of drug-likeness (QED) is 0.798. The molecule has 0 unspecified atom stereocenters. The summed E-state index contributed by atoms with van der Waals surface area (Å²) in [5.74, 6) is -0.0337. The molecule has 0 radical (unpaired) electrons. The number of aliphatic carboxylic acids is 1. The van der Waals surface area contributed by atoms with Crippen molar-refractivity contribution in [1.82, 2.24) is 4.57 Å². The van der Waals surface area contributed by atoms with E-state index >= 15 is 0 Å². The monoisotopic (exact) mass is 281 g/mol. The van der Waals surface area contributed by atoms with Crippen LogP contribution in [-0.4, -0.2) is 22.8 Å². The van der Waals surface area contributed by atoms with Gasteiger partial charge in [0.2, 0.25) is 0 Å². The lowest BCUT2D eigenvalue weighted by atomic mass is 10.1. The van der Waals surface area contributed by atoms with Crippen LogP contribution in [0.4, 0.5) is 0 Å². The maximum Gasteiger partial charge on any atom is 0.307 e. The van der Waals surface area contributed by atoms with Crippen LogP contribution in [0, 0.1) is 0 Å². The molecule has 0 saturated carbocycles. The Balaban J connectivity index is 2.15. The summed E-state index contributed by atoms with van der Waals surface area (Å²) in [4.78, 5) is 11.0. The molecule has 0 bridgehead atoms. The third-order valence-electron chi connectivity index (χ3n) is 3.49. The zero-order valence-electron chi connectivity index (χ0n) is 11.6. The summed E-state index contributed by atoms with van der Waals surface area (Å²) >= 11 is 0. The molecular weight excluding hydrogens is 266 g/mol. The van der Waals surface area contributed by atoms with E-state index in [1.165, 1.54) is 0 Å². The van der Waals surface area contributed by atoms with E-state index in [-0.39, 0.29) is 6.42 Å². The first-order valence-electron chi connectivity index (χ1n) is 6.64. The van der Waals surface area contributed by atoms with Gasteiger partial charge >= 0.3 is 5.97 Å². The number of aromatic nitrogens is 1. The molecule has 0 aliphatic rings. The number of hydrogen-bond acceptors (Lipinski definition) is 2. The van der Waals surface area contributed by atoms with E-state index in [0.717, 1.165) is 27.9 Å². The summed E-state index contributed by atoms with van der Waals surface area (Å²) in [5.41, 5.74) is 2.79. The van der Waals surface area contributed by atoms with E-state index in [4.69, 9.17) is 9.84 Å². The second-order valence-electron chi connectivity index (χ2n) is 4.81. The van der Waals surface area contributed by atoms with Crippen molar-refractivity contribution in [2.24, 2.45) is 0 Å². The van der Waals surface area contributed by atoms with E-state index in [2.05, 4.69) is 0 Å². The Morgan fingerprint density at radius 2 is 1.86 bits per heavy atom. The predicted octanol–water partition coefficient (Wildman–Crippen LogP) is 3.27. The highest BCUT2D eigenvalue weighted by atomic mass is 16.5. The van der Waals surface area contributed by atoms with E-state index in [1.54, 1.807) is 7.11 Å². The Kier molecular flexibility index (Phi) is 3.36. The lowest BCUT2D eigenvalue weighted by molar-refractivity contribution is -0.136. The van der Waals surface area contributed by atoms with Crippen LogP contribution in [0.1, 0.15) is 5.56 Å². The molecule has 0 saturated heterocycles. The molecule has 106 valence electrons. The maximum absolute atomic E-state index is 11.0. The summed E-state index contributed by atoms with van der Waals surface area (Å²) in [6.45, 7) is 0. The second kappa shape index (κ2) is 5.32. The van der Waals surface area contributed by atoms with E-state index in [0.29, 0.717) is 0 Å². The first kappa shape index (κ1) is 13.2. The molecule has 4 heteroatoms. The highest BCUT2D eigenvalue weighted by molar-refractivity contribution is 5.88. The minimum Gasteiger partial charge on any atom is -0.497 e. The van der Waals surface area contributed by atoms with E-state index < -0.39 is 5.97 Å². The fraction of sp³-hybridized carbons (Fsp3) is 0.118. The molecule has 0 aliphatic heterocycles. The molecule has 1 aromatic heterocycles. The van der Waals surface area contributed by atoms with Crippen molar-refractivity contribution >= 4 is 16.9 Å². The van der Waals surface area contributed by atoms with E-state index in [1.807, 2.05) is 59.3 Å². The number of methoxy groups -OCH3 is 1. The van der Waals surface area contributed by atoms with E-state index in [9.17, 15) is 4.79 Å². The first-order chi connectivity index (χ1) is 10.2. The van der Waals surface area contributed by atoms with Crippen molar-refractivity contribution < 1.29 is 14.6 Å². The average molecular weight is 281 g/mol. The van der Waals surface area contributed by atoms with Crippen molar-refractivity contribution in [2.45, 2.75) is 6.42 Å². The van der Waals surface area contributed by atoms with Crippen molar-refractivity contribution in [3.05, 3.63) is 60.3 Å². The highest BCUT2D eigenvalue weighted by Gasteiger charge is 2.11. The zero-order chi connectivity index (χ0) is 14.8. The van der Waals surface area contributed by atoms with Crippen molar-refractivity contribution in [2.75, 3.05) is 7.11 Å². The SMILES string of the molecule is COc1ccc(-n2cc(CC(=O)O)c3ccccc32)cc1. The number of rotatable bonds is 4. The molecule has 3 aromatic rings. The minimum atomic E-state index is -0.826. The van der Waals surface area contributed by atoms with Gasteiger partial charge in [-0.15, -0.1) is 0 Å². The molecule has 1 heterocycles. The largest absolute Gasteiger partial charge is 0.497 e. The highest BCUT2D eigenvalue weighted by Crippen LogP contribution is 2.26. The van der Waals surface area contributed by atoms with Crippen LogP contribution in [0.15, 0.2) is 54.7 Å². The molecular formula is C17H15NO3. The van der Waals surface area contributed by atoms with Gasteiger partial charge < -0.3 is 14.4 Å². The fourth-order valence-corrected chi connectivity index (χ4v) is 2.51. The standard InChI is InChI=1S/C17H15NO3/c1-21-14-8-6-13(7-9-14)18-11-12(10-17(19)20)15-4-2-3-5-16(15)18/h2-9,11H,10H2,1H3,(H,19,20). The van der Waals surface area contributed by atoms with Crippen LogP contribution in [0.5, 0.6) is 5.75 Å². The third kappa shape index (κ3) is 2.48. The summed E-state index contributed by atoms with van der Waals surface area (Å²) in [5, 5.41) is 10.0. The fourth-order valence-electron chi connectivity index (χ4n) is 2.51. The smallest absolute Gasteiger partial charge is 0.307 e. The van der Waals surface area contributed by atoms with Gasteiger partial charge in [-0.1, -0.05) is 18.2 Å². The normalized spacial score (nSPS) is 10.7. The Morgan fingerprint density at radius 3 is 2.52 bits per heavy atom. The van der Waals surface area contributed by atoms with Crippen molar-refractivity contribution in [1.29, 1.82) is 0 Å². The molecule has 0 aliphatic carbocycles. The zero-order valence-corrected chi connectivity index (χ0v) is 11.6. The van der Waals surface area contributed by atoms with Gasteiger partial charge in [0.15, 0.2) is 0 Å². The Hall–Kier alpha value is -2.75. The summed E-state index contributed by atoms with van der Waals surface area (Å²) in [6.07, 6.45) is 1.91. The van der Waals surface area contributed by atoms with Gasteiger partial charge in [-0.3, -0.25) is 4.79 Å². The minimum absolute atomic E-state index is 0.0175. The lowest BCUT2D eigenvalue weighted by Gasteiger charge is -2.06. The number of nitrogens with zero attached hydrogens (tertiary/aromatic N) is 1. The number of para-hydroxylation sites is 1. The van der Waals surface area contributed by atoms with Gasteiger partial charge in [-0.2, -0.15) is 0 Å². The molecule has 3 rings (SSSR count). The molecule has 0 amide bonds. The average Bonchev–Trinajstić information content (AvgIpc) is 2.86.